The largest absolute Gasteiger partial charge is 0.490 e. The van der Waals surface area contributed by atoms with Gasteiger partial charge in [-0.25, -0.2) is 4.98 Å². The molecule has 1 aliphatic heterocycles. The van der Waals surface area contributed by atoms with Crippen molar-refractivity contribution in [3.8, 4) is 22.8 Å². The number of nitrogens with two attached hydrogens (primary N) is 1. The maximum atomic E-state index is 12.3. The van der Waals surface area contributed by atoms with Crippen LogP contribution in [0.25, 0.3) is 21.9 Å². The van der Waals surface area contributed by atoms with Crippen molar-refractivity contribution < 1.29 is 14.3 Å². The van der Waals surface area contributed by atoms with Gasteiger partial charge in [0.1, 0.15) is 11.9 Å². The van der Waals surface area contributed by atoms with E-state index in [1.165, 1.54) is 12.8 Å². The van der Waals surface area contributed by atoms with Crippen LogP contribution in [0.3, 0.4) is 0 Å². The number of rotatable bonds is 7. The first-order valence-electron chi connectivity index (χ1n) is 12.3. The Hall–Kier alpha value is -3.13. The summed E-state index contributed by atoms with van der Waals surface area (Å²) in [7, 11) is 0. The van der Waals surface area contributed by atoms with E-state index in [1.807, 2.05) is 38.4 Å². The first-order valence-corrected chi connectivity index (χ1v) is 12.3. The summed E-state index contributed by atoms with van der Waals surface area (Å²) >= 11 is 0. The lowest BCUT2D eigenvalue weighted by Gasteiger charge is -2.24. The number of primary amides is 1. The summed E-state index contributed by atoms with van der Waals surface area (Å²) in [5, 5.41) is 9.68. The van der Waals surface area contributed by atoms with Crippen LogP contribution in [0.5, 0.6) is 11.6 Å². The second-order valence-corrected chi connectivity index (χ2v) is 9.64. The van der Waals surface area contributed by atoms with Gasteiger partial charge in [-0.05, 0) is 63.6 Å². The molecule has 34 heavy (non-hydrogen) atoms. The van der Waals surface area contributed by atoms with E-state index in [0.717, 1.165) is 60.7 Å². The van der Waals surface area contributed by atoms with Crippen LogP contribution in [0.4, 0.5) is 0 Å². The van der Waals surface area contributed by atoms with Gasteiger partial charge in [0, 0.05) is 35.5 Å². The number of fused-ring (bicyclic) bond motifs is 1. The standard InChI is InChI=1S/C26H33N5O3/c1-16(2)33-24-11-21-20(10-22(24)25(27)32)23(14-29-26(21)34-19-8-5-9-28-13-19)17-12-30-31(15-17)18-6-3-4-7-18/h10-12,14-16,18-19,28H,3-9,13H2,1-2H3,(H2,27,32)/t19-/m1/s1. The molecule has 0 unspecified atom stereocenters. The topological polar surface area (TPSA) is 104 Å². The molecule has 1 aliphatic carbocycles. The molecule has 3 heterocycles. The number of benzene rings is 1. The summed E-state index contributed by atoms with van der Waals surface area (Å²) in [5.74, 6) is 0.461. The number of aromatic nitrogens is 3. The van der Waals surface area contributed by atoms with Gasteiger partial charge in [0.25, 0.3) is 5.91 Å². The molecule has 0 bridgehead atoms. The summed E-state index contributed by atoms with van der Waals surface area (Å²) in [6.45, 7) is 5.64. The number of ether oxygens (including phenoxy) is 2. The van der Waals surface area contributed by atoms with Crippen LogP contribution < -0.4 is 20.5 Å². The molecule has 0 spiro atoms. The number of piperidine rings is 1. The molecule has 1 atom stereocenters. The van der Waals surface area contributed by atoms with Gasteiger partial charge in [-0.15, -0.1) is 0 Å². The molecule has 2 aromatic heterocycles. The highest BCUT2D eigenvalue weighted by atomic mass is 16.5. The predicted molar refractivity (Wildman–Crippen MR) is 131 cm³/mol. The van der Waals surface area contributed by atoms with Gasteiger partial charge in [0.15, 0.2) is 0 Å². The molecular formula is C26H33N5O3. The summed E-state index contributed by atoms with van der Waals surface area (Å²) in [5.41, 5.74) is 7.96. The number of hydrogen-bond acceptors (Lipinski definition) is 6. The number of pyridine rings is 1. The minimum Gasteiger partial charge on any atom is -0.490 e. The number of amides is 1. The van der Waals surface area contributed by atoms with Gasteiger partial charge in [-0.1, -0.05) is 12.8 Å². The maximum absolute atomic E-state index is 12.3. The molecule has 5 rings (SSSR count). The Morgan fingerprint density at radius 2 is 1.97 bits per heavy atom. The lowest BCUT2D eigenvalue weighted by molar-refractivity contribution is 0.0994. The van der Waals surface area contributed by atoms with E-state index in [9.17, 15) is 4.79 Å². The third-order valence-electron chi connectivity index (χ3n) is 6.72. The fraction of sp³-hybridized carbons (Fsp3) is 0.500. The molecular weight excluding hydrogens is 430 g/mol. The van der Waals surface area contributed by atoms with Crippen LogP contribution in [-0.2, 0) is 0 Å². The van der Waals surface area contributed by atoms with Crippen molar-refractivity contribution >= 4 is 16.7 Å². The Morgan fingerprint density at radius 3 is 2.68 bits per heavy atom. The third kappa shape index (κ3) is 4.59. The third-order valence-corrected chi connectivity index (χ3v) is 6.72. The quantitative estimate of drug-likeness (QED) is 0.543. The Kier molecular flexibility index (Phi) is 6.41. The highest BCUT2D eigenvalue weighted by Crippen LogP contribution is 2.38. The average Bonchev–Trinajstić information content (AvgIpc) is 3.51. The van der Waals surface area contributed by atoms with Crippen LogP contribution in [0.2, 0.25) is 0 Å². The SMILES string of the molecule is CC(C)Oc1cc2c(O[C@@H]3CCCNC3)ncc(-c3cnn(C4CCCC4)c3)c2cc1C(N)=O. The molecule has 2 aliphatic rings. The van der Waals surface area contributed by atoms with Crippen molar-refractivity contribution in [2.45, 2.75) is 70.6 Å². The van der Waals surface area contributed by atoms with Gasteiger partial charge >= 0.3 is 0 Å². The molecule has 1 saturated carbocycles. The number of nitrogens with one attached hydrogen (secondary N) is 1. The Morgan fingerprint density at radius 1 is 1.15 bits per heavy atom. The van der Waals surface area contributed by atoms with Gasteiger partial charge < -0.3 is 20.5 Å². The van der Waals surface area contributed by atoms with Crippen LogP contribution in [0.15, 0.2) is 30.7 Å². The predicted octanol–water partition coefficient (Wildman–Crippen LogP) is 4.23. The molecule has 3 aromatic rings. The summed E-state index contributed by atoms with van der Waals surface area (Å²) < 4.78 is 14.4. The zero-order valence-electron chi connectivity index (χ0n) is 19.9. The van der Waals surface area contributed by atoms with Crippen LogP contribution in [0.1, 0.15) is 68.8 Å². The summed E-state index contributed by atoms with van der Waals surface area (Å²) in [6.07, 6.45) is 12.6. The van der Waals surface area contributed by atoms with Crippen molar-refractivity contribution in [1.29, 1.82) is 0 Å². The van der Waals surface area contributed by atoms with Crippen LogP contribution in [0, 0.1) is 0 Å². The monoisotopic (exact) mass is 463 g/mol. The minimum absolute atomic E-state index is 0.0469. The fourth-order valence-corrected chi connectivity index (χ4v) is 5.03. The molecule has 3 N–H and O–H groups in total. The molecule has 1 amide bonds. The molecule has 0 radical (unpaired) electrons. The van der Waals surface area contributed by atoms with Crippen molar-refractivity contribution in [2.24, 2.45) is 5.73 Å². The average molecular weight is 464 g/mol. The Bertz CT molecular complexity index is 1180. The van der Waals surface area contributed by atoms with Gasteiger partial charge in [-0.2, -0.15) is 5.10 Å². The first kappa shape index (κ1) is 22.7. The van der Waals surface area contributed by atoms with E-state index in [2.05, 4.69) is 21.3 Å². The molecule has 1 saturated heterocycles. The molecule has 1 aromatic carbocycles. The normalized spacial score (nSPS) is 19.1. The highest BCUT2D eigenvalue weighted by Gasteiger charge is 2.23. The summed E-state index contributed by atoms with van der Waals surface area (Å²) in [4.78, 5) is 17.1. The minimum atomic E-state index is -0.527. The smallest absolute Gasteiger partial charge is 0.252 e. The molecule has 2 fully saturated rings. The lowest BCUT2D eigenvalue weighted by atomic mass is 9.99. The second kappa shape index (κ2) is 9.62. The zero-order valence-corrected chi connectivity index (χ0v) is 19.9. The van der Waals surface area contributed by atoms with E-state index in [1.54, 1.807) is 0 Å². The lowest BCUT2D eigenvalue weighted by Crippen LogP contribution is -2.37. The number of carbonyl (C=O) groups excluding carboxylic acids is 1. The van der Waals surface area contributed by atoms with Crippen molar-refractivity contribution in [3.05, 3.63) is 36.3 Å². The van der Waals surface area contributed by atoms with E-state index >= 15 is 0 Å². The number of carbonyl (C=O) groups is 1. The van der Waals surface area contributed by atoms with Crippen LogP contribution in [-0.4, -0.2) is 46.0 Å². The van der Waals surface area contributed by atoms with Crippen molar-refractivity contribution in [1.82, 2.24) is 20.1 Å². The first-order chi connectivity index (χ1) is 16.5. The zero-order chi connectivity index (χ0) is 23.7. The van der Waals surface area contributed by atoms with Crippen LogP contribution >= 0.6 is 0 Å². The molecule has 180 valence electrons. The van der Waals surface area contributed by atoms with Gasteiger partial charge in [0.05, 0.1) is 23.9 Å². The molecule has 8 heteroatoms. The molecule has 8 nitrogen and oxygen atoms in total. The van der Waals surface area contributed by atoms with E-state index < -0.39 is 5.91 Å². The maximum Gasteiger partial charge on any atom is 0.252 e. The Labute approximate surface area is 199 Å². The second-order valence-electron chi connectivity index (χ2n) is 9.64. The van der Waals surface area contributed by atoms with E-state index in [4.69, 9.17) is 20.2 Å². The number of nitrogens with zero attached hydrogens (tertiary/aromatic N) is 3. The summed E-state index contributed by atoms with van der Waals surface area (Å²) in [6, 6.07) is 4.10. The van der Waals surface area contributed by atoms with Crippen molar-refractivity contribution in [2.75, 3.05) is 13.1 Å². The van der Waals surface area contributed by atoms with Gasteiger partial charge in [0.2, 0.25) is 5.88 Å². The highest BCUT2D eigenvalue weighted by molar-refractivity contribution is 6.06. The van der Waals surface area contributed by atoms with Gasteiger partial charge in [-0.3, -0.25) is 9.48 Å². The van der Waals surface area contributed by atoms with Crippen molar-refractivity contribution in [3.63, 3.8) is 0 Å². The van der Waals surface area contributed by atoms with E-state index in [-0.39, 0.29) is 12.2 Å². The van der Waals surface area contributed by atoms with E-state index in [0.29, 0.717) is 23.2 Å². The Balaban J connectivity index is 1.62. The fourth-order valence-electron chi connectivity index (χ4n) is 5.03. The number of hydrogen-bond donors (Lipinski definition) is 2.